The Morgan fingerprint density at radius 1 is 1.10 bits per heavy atom. The van der Waals surface area contributed by atoms with Crippen molar-refractivity contribution in [3.05, 3.63) is 69.9 Å². The Bertz CT molecular complexity index is 1610. The Kier molecular flexibility index (Phi) is 7.76. The Hall–Kier alpha value is -4.02. The molecule has 2 aromatic heterocycles. The number of benzene rings is 2. The summed E-state index contributed by atoms with van der Waals surface area (Å²) >= 11 is 1.43. The van der Waals surface area contributed by atoms with Gasteiger partial charge in [0, 0.05) is 47.9 Å². The first-order chi connectivity index (χ1) is 18.9. The third kappa shape index (κ3) is 5.57. The first-order valence-electron chi connectivity index (χ1n) is 13.4. The van der Waals surface area contributed by atoms with E-state index >= 15 is 0 Å². The lowest BCUT2D eigenvalue weighted by Gasteiger charge is -2.31. The van der Waals surface area contributed by atoms with E-state index < -0.39 is 0 Å². The Balaban J connectivity index is 1.54. The first kappa shape index (κ1) is 26.6. The van der Waals surface area contributed by atoms with Crippen LogP contribution in [0.5, 0.6) is 0 Å². The zero-order valence-electron chi connectivity index (χ0n) is 22.2. The van der Waals surface area contributed by atoms with Crippen molar-refractivity contribution in [1.29, 1.82) is 0 Å². The lowest BCUT2D eigenvalue weighted by atomic mass is 9.82. The van der Waals surface area contributed by atoms with Gasteiger partial charge in [-0.2, -0.15) is 0 Å². The van der Waals surface area contributed by atoms with Crippen LogP contribution in [0.2, 0.25) is 0 Å². The molecule has 2 heterocycles. The molecule has 2 aromatic carbocycles. The fourth-order valence-corrected chi connectivity index (χ4v) is 6.35. The van der Waals surface area contributed by atoms with Crippen LogP contribution in [0, 0.1) is 18.3 Å². The number of ketones is 2. The normalized spacial score (nSPS) is 17.1. The molecule has 39 heavy (non-hydrogen) atoms. The minimum absolute atomic E-state index is 0.0734. The van der Waals surface area contributed by atoms with Crippen LogP contribution >= 0.6 is 11.3 Å². The summed E-state index contributed by atoms with van der Waals surface area (Å²) in [5.74, 6) is 3.65. The molecule has 1 saturated carbocycles. The number of nitrogens with zero attached hydrogens (tertiary/aromatic N) is 2. The van der Waals surface area contributed by atoms with Gasteiger partial charge < -0.3 is 9.88 Å². The highest BCUT2D eigenvalue weighted by atomic mass is 32.1. The number of hydrogen-bond acceptors (Lipinski definition) is 5. The predicted octanol–water partition coefficient (Wildman–Crippen LogP) is 7.30. The highest BCUT2D eigenvalue weighted by molar-refractivity contribution is 7.10. The summed E-state index contributed by atoms with van der Waals surface area (Å²) in [6, 6.07) is 15.3. The summed E-state index contributed by atoms with van der Waals surface area (Å²) < 4.78 is 2.26. The molecule has 1 amide bonds. The van der Waals surface area contributed by atoms with Crippen molar-refractivity contribution < 1.29 is 14.4 Å². The molecule has 1 fully saturated rings. The zero-order chi connectivity index (χ0) is 27.5. The number of rotatable bonds is 8. The third-order valence-electron chi connectivity index (χ3n) is 7.47. The largest absolute Gasteiger partial charge is 0.326 e. The Morgan fingerprint density at radius 3 is 2.67 bits per heavy atom. The van der Waals surface area contributed by atoms with E-state index in [1.165, 1.54) is 18.3 Å². The second-order valence-corrected chi connectivity index (χ2v) is 11.1. The predicted molar refractivity (Wildman–Crippen MR) is 156 cm³/mol. The van der Waals surface area contributed by atoms with Crippen molar-refractivity contribution in [2.45, 2.75) is 58.4 Å². The number of para-hydroxylation sites is 1. The van der Waals surface area contributed by atoms with Crippen LogP contribution in [0.1, 0.15) is 84.0 Å². The zero-order valence-corrected chi connectivity index (χ0v) is 23.0. The molecular weight excluding hydrogens is 506 g/mol. The van der Waals surface area contributed by atoms with Crippen molar-refractivity contribution >= 4 is 45.5 Å². The van der Waals surface area contributed by atoms with Gasteiger partial charge in [0.2, 0.25) is 5.91 Å². The average Bonchev–Trinajstić information content (AvgIpc) is 3.57. The molecule has 198 valence electrons. The average molecular weight is 538 g/mol. The van der Waals surface area contributed by atoms with E-state index in [9.17, 15) is 14.4 Å². The SMILES string of the molecule is C#Cc1cc(C(=O)C[C@@H]2CCC[C@H](n3c(-c4ccccc4NC(C)=O)nc4cc(C(=O)CC)ccc43)C2)cs1. The summed E-state index contributed by atoms with van der Waals surface area (Å²) in [5, 5.41) is 4.80. The van der Waals surface area contributed by atoms with Crippen LogP contribution in [0.25, 0.3) is 22.4 Å². The number of carbonyl (C=O) groups is 3. The highest BCUT2D eigenvalue weighted by Gasteiger charge is 2.29. The smallest absolute Gasteiger partial charge is 0.221 e. The summed E-state index contributed by atoms with van der Waals surface area (Å²) in [4.78, 5) is 43.3. The first-order valence-corrected chi connectivity index (χ1v) is 14.3. The molecule has 0 unspecified atom stereocenters. The fraction of sp³-hybridized carbons (Fsp3) is 0.312. The highest BCUT2D eigenvalue weighted by Crippen LogP contribution is 2.41. The number of thiophene rings is 1. The molecule has 5 rings (SSSR count). The van der Waals surface area contributed by atoms with Crippen molar-refractivity contribution in [3.63, 3.8) is 0 Å². The van der Waals surface area contributed by atoms with Gasteiger partial charge in [0.05, 0.1) is 21.6 Å². The standard InChI is InChI=1S/C32H31N3O3S/c1-4-25-17-23(19-39-25)31(38)16-21-9-8-10-24(15-21)35-29-14-13-22(30(37)5-2)18-28(29)34-32(35)26-11-6-7-12-27(26)33-20(3)36/h1,6-7,11-14,17-19,21,24H,5,8-10,15-16H2,2-3H3,(H,33,36)/t21-,24+/m1/s1. The maximum atomic E-state index is 13.1. The number of aromatic nitrogens is 2. The molecule has 4 aromatic rings. The number of amides is 1. The quantitative estimate of drug-likeness (QED) is 0.189. The van der Waals surface area contributed by atoms with Crippen LogP contribution in [0.3, 0.4) is 0 Å². The monoisotopic (exact) mass is 537 g/mol. The second kappa shape index (κ2) is 11.4. The minimum atomic E-state index is -0.154. The van der Waals surface area contributed by atoms with Gasteiger partial charge >= 0.3 is 0 Å². The molecule has 1 N–H and O–H groups in total. The Morgan fingerprint density at radius 2 is 1.92 bits per heavy atom. The Labute approximate surface area is 232 Å². The lowest BCUT2D eigenvalue weighted by molar-refractivity contribution is -0.114. The number of Topliss-reactive ketones (excluding diaryl/α,β-unsaturated/α-hetero) is 2. The number of imidazole rings is 1. The van der Waals surface area contributed by atoms with E-state index in [4.69, 9.17) is 11.4 Å². The number of nitrogens with one attached hydrogen (secondary N) is 1. The van der Waals surface area contributed by atoms with Crippen LogP contribution in [0.4, 0.5) is 5.69 Å². The van der Waals surface area contributed by atoms with Crippen molar-refractivity contribution in [2.24, 2.45) is 5.92 Å². The molecule has 0 radical (unpaired) electrons. The molecule has 7 heteroatoms. The van der Waals surface area contributed by atoms with E-state index in [1.807, 2.05) is 60.8 Å². The second-order valence-electron chi connectivity index (χ2n) is 10.2. The van der Waals surface area contributed by atoms with Crippen molar-refractivity contribution in [1.82, 2.24) is 9.55 Å². The number of hydrogen-bond donors (Lipinski definition) is 1. The molecule has 6 nitrogen and oxygen atoms in total. The van der Waals surface area contributed by atoms with Crippen molar-refractivity contribution in [3.8, 4) is 23.7 Å². The molecular formula is C32H31N3O3S. The van der Waals surface area contributed by atoms with Gasteiger partial charge in [0.1, 0.15) is 5.82 Å². The van der Waals surface area contributed by atoms with Gasteiger partial charge in [-0.1, -0.05) is 31.4 Å². The summed E-state index contributed by atoms with van der Waals surface area (Å²) in [7, 11) is 0. The van der Waals surface area contributed by atoms with Crippen LogP contribution in [0.15, 0.2) is 53.9 Å². The topological polar surface area (TPSA) is 81.1 Å². The molecule has 0 aliphatic heterocycles. The summed E-state index contributed by atoms with van der Waals surface area (Å²) in [5.41, 5.74) is 4.55. The van der Waals surface area contributed by atoms with Gasteiger partial charge in [-0.25, -0.2) is 4.98 Å². The summed E-state index contributed by atoms with van der Waals surface area (Å²) in [6.07, 6.45) is 10.2. The van der Waals surface area contributed by atoms with Crippen LogP contribution in [-0.2, 0) is 4.79 Å². The molecule has 0 saturated heterocycles. The van der Waals surface area contributed by atoms with Gasteiger partial charge in [-0.05, 0) is 61.6 Å². The molecule has 1 aliphatic rings. The van der Waals surface area contributed by atoms with Gasteiger partial charge in [-0.15, -0.1) is 17.8 Å². The van der Waals surface area contributed by atoms with Gasteiger partial charge in [0.15, 0.2) is 11.6 Å². The fourth-order valence-electron chi connectivity index (χ4n) is 5.63. The molecule has 0 spiro atoms. The molecule has 0 bridgehead atoms. The van der Waals surface area contributed by atoms with E-state index in [0.717, 1.165) is 53.0 Å². The number of fused-ring (bicyclic) bond motifs is 1. The molecule has 2 atom stereocenters. The van der Waals surface area contributed by atoms with E-state index in [1.54, 1.807) is 0 Å². The van der Waals surface area contributed by atoms with Crippen molar-refractivity contribution in [2.75, 3.05) is 5.32 Å². The number of anilines is 1. The van der Waals surface area contributed by atoms with E-state index in [2.05, 4.69) is 15.8 Å². The van der Waals surface area contributed by atoms with Crippen LogP contribution < -0.4 is 5.32 Å². The summed E-state index contributed by atoms with van der Waals surface area (Å²) in [6.45, 7) is 3.35. The van der Waals surface area contributed by atoms with Gasteiger partial charge in [0.25, 0.3) is 0 Å². The molecule has 1 aliphatic carbocycles. The van der Waals surface area contributed by atoms with Gasteiger partial charge in [-0.3, -0.25) is 14.4 Å². The van der Waals surface area contributed by atoms with E-state index in [-0.39, 0.29) is 29.4 Å². The number of terminal acetylenes is 1. The maximum absolute atomic E-state index is 13.1. The minimum Gasteiger partial charge on any atom is -0.326 e. The third-order valence-corrected chi connectivity index (χ3v) is 8.33. The maximum Gasteiger partial charge on any atom is 0.221 e. The lowest BCUT2D eigenvalue weighted by Crippen LogP contribution is -2.22. The number of carbonyl (C=O) groups excluding carboxylic acids is 3. The van der Waals surface area contributed by atoms with Crippen LogP contribution in [-0.4, -0.2) is 27.0 Å². The van der Waals surface area contributed by atoms with E-state index in [0.29, 0.717) is 29.7 Å².